The fraction of sp³-hybridized carbons (Fsp3) is 0.533. The first-order valence-electron chi connectivity index (χ1n) is 6.65. The molecule has 0 aliphatic carbocycles. The molecular formula is C15H21NO2. The van der Waals surface area contributed by atoms with Crippen molar-refractivity contribution in [1.29, 1.82) is 0 Å². The quantitative estimate of drug-likeness (QED) is 0.766. The number of ether oxygens (including phenoxy) is 1. The van der Waals surface area contributed by atoms with E-state index in [1.165, 1.54) is 0 Å². The van der Waals surface area contributed by atoms with Crippen LogP contribution in [0.25, 0.3) is 0 Å². The second-order valence-electron chi connectivity index (χ2n) is 5.08. The molecule has 0 N–H and O–H groups in total. The van der Waals surface area contributed by atoms with E-state index in [-0.39, 0.29) is 12.0 Å². The number of carbonyl (C=O) groups is 1. The Labute approximate surface area is 109 Å². The van der Waals surface area contributed by atoms with Gasteiger partial charge in [0.1, 0.15) is 12.6 Å². The molecule has 1 atom stereocenters. The lowest BCUT2D eigenvalue weighted by molar-refractivity contribution is -0.150. The maximum absolute atomic E-state index is 12.1. The minimum atomic E-state index is -0.0787. The van der Waals surface area contributed by atoms with Crippen molar-refractivity contribution >= 4 is 5.97 Å². The molecule has 1 fully saturated rings. The summed E-state index contributed by atoms with van der Waals surface area (Å²) in [5.74, 6) is -0.0787. The molecule has 0 amide bonds. The molecule has 18 heavy (non-hydrogen) atoms. The highest BCUT2D eigenvalue weighted by molar-refractivity contribution is 5.76. The molecule has 1 saturated heterocycles. The zero-order valence-corrected chi connectivity index (χ0v) is 11.1. The Bertz CT molecular complexity index is 389. The Morgan fingerprint density at radius 1 is 1.39 bits per heavy atom. The van der Waals surface area contributed by atoms with Gasteiger partial charge in [0.2, 0.25) is 0 Å². The standard InChI is InChI=1S/C15H21NO2/c1-12(2)16-10-6-9-14(16)15(17)18-11-13-7-4-3-5-8-13/h3-5,7-8,12,14H,6,9-11H2,1-2H3. The summed E-state index contributed by atoms with van der Waals surface area (Å²) in [6.07, 6.45) is 2.01. The fourth-order valence-electron chi connectivity index (χ4n) is 2.49. The molecule has 1 heterocycles. The van der Waals surface area contributed by atoms with Crippen molar-refractivity contribution in [3.05, 3.63) is 35.9 Å². The Kier molecular flexibility index (Phi) is 4.37. The first-order valence-corrected chi connectivity index (χ1v) is 6.65. The van der Waals surface area contributed by atoms with Crippen LogP contribution in [-0.2, 0) is 16.1 Å². The zero-order chi connectivity index (χ0) is 13.0. The summed E-state index contributed by atoms with van der Waals surface area (Å²) in [4.78, 5) is 14.3. The molecule has 0 radical (unpaired) electrons. The van der Waals surface area contributed by atoms with Gasteiger partial charge in [-0.05, 0) is 38.8 Å². The van der Waals surface area contributed by atoms with Gasteiger partial charge < -0.3 is 4.74 Å². The van der Waals surface area contributed by atoms with E-state index in [0.29, 0.717) is 12.6 Å². The van der Waals surface area contributed by atoms with E-state index in [2.05, 4.69) is 18.7 Å². The van der Waals surface area contributed by atoms with Gasteiger partial charge in [0, 0.05) is 6.04 Å². The number of nitrogens with zero attached hydrogens (tertiary/aromatic N) is 1. The SMILES string of the molecule is CC(C)N1CCCC1C(=O)OCc1ccccc1. The lowest BCUT2D eigenvalue weighted by Gasteiger charge is -2.26. The minimum absolute atomic E-state index is 0.0475. The van der Waals surface area contributed by atoms with Crippen LogP contribution in [0.4, 0.5) is 0 Å². The topological polar surface area (TPSA) is 29.5 Å². The predicted octanol–water partition coefficient (Wildman–Crippen LogP) is 2.60. The van der Waals surface area contributed by atoms with Gasteiger partial charge in [-0.2, -0.15) is 0 Å². The van der Waals surface area contributed by atoms with Crippen LogP contribution in [-0.4, -0.2) is 29.5 Å². The number of hydrogen-bond donors (Lipinski definition) is 0. The predicted molar refractivity (Wildman–Crippen MR) is 71.1 cm³/mol. The van der Waals surface area contributed by atoms with Gasteiger partial charge in [0.15, 0.2) is 0 Å². The third-order valence-corrected chi connectivity index (χ3v) is 3.45. The molecule has 1 aliphatic rings. The number of likely N-dealkylation sites (tertiary alicyclic amines) is 1. The summed E-state index contributed by atoms with van der Waals surface area (Å²) in [5.41, 5.74) is 1.04. The molecule has 3 heteroatoms. The number of rotatable bonds is 4. The van der Waals surface area contributed by atoms with Crippen LogP contribution in [0.1, 0.15) is 32.3 Å². The normalized spacial score (nSPS) is 20.3. The van der Waals surface area contributed by atoms with Crippen LogP contribution < -0.4 is 0 Å². The number of esters is 1. The van der Waals surface area contributed by atoms with Crippen molar-refractivity contribution in [1.82, 2.24) is 4.90 Å². The first kappa shape index (κ1) is 13.1. The van der Waals surface area contributed by atoms with E-state index in [1.54, 1.807) is 0 Å². The Morgan fingerprint density at radius 2 is 2.11 bits per heavy atom. The van der Waals surface area contributed by atoms with Gasteiger partial charge in [-0.1, -0.05) is 30.3 Å². The summed E-state index contributed by atoms with van der Waals surface area (Å²) in [5, 5.41) is 0. The van der Waals surface area contributed by atoms with Gasteiger partial charge >= 0.3 is 5.97 Å². The molecule has 0 saturated carbocycles. The van der Waals surface area contributed by atoms with E-state index in [0.717, 1.165) is 24.9 Å². The fourth-order valence-corrected chi connectivity index (χ4v) is 2.49. The van der Waals surface area contributed by atoms with Crippen LogP contribution in [0.15, 0.2) is 30.3 Å². The van der Waals surface area contributed by atoms with Gasteiger partial charge in [-0.15, -0.1) is 0 Å². The van der Waals surface area contributed by atoms with Crippen molar-refractivity contribution in [2.24, 2.45) is 0 Å². The Hall–Kier alpha value is -1.35. The minimum Gasteiger partial charge on any atom is -0.460 e. The molecule has 0 bridgehead atoms. The summed E-state index contributed by atoms with van der Waals surface area (Å²) in [7, 11) is 0. The number of hydrogen-bond acceptors (Lipinski definition) is 3. The van der Waals surface area contributed by atoms with Gasteiger partial charge in [-0.3, -0.25) is 9.69 Å². The molecule has 98 valence electrons. The second kappa shape index (κ2) is 6.01. The monoisotopic (exact) mass is 247 g/mol. The van der Waals surface area contributed by atoms with Crippen LogP contribution in [0.5, 0.6) is 0 Å². The zero-order valence-electron chi connectivity index (χ0n) is 11.1. The van der Waals surface area contributed by atoms with E-state index in [4.69, 9.17) is 4.74 Å². The van der Waals surface area contributed by atoms with E-state index in [1.807, 2.05) is 30.3 Å². The van der Waals surface area contributed by atoms with Crippen LogP contribution in [0, 0.1) is 0 Å². The number of benzene rings is 1. The molecule has 0 aromatic heterocycles. The van der Waals surface area contributed by atoms with E-state index >= 15 is 0 Å². The Morgan fingerprint density at radius 3 is 2.78 bits per heavy atom. The van der Waals surface area contributed by atoms with Crippen molar-refractivity contribution < 1.29 is 9.53 Å². The average molecular weight is 247 g/mol. The maximum atomic E-state index is 12.1. The lowest BCUT2D eigenvalue weighted by atomic mass is 10.2. The molecule has 1 aromatic rings. The summed E-state index contributed by atoms with van der Waals surface area (Å²) >= 11 is 0. The van der Waals surface area contributed by atoms with Gasteiger partial charge in [-0.25, -0.2) is 0 Å². The highest BCUT2D eigenvalue weighted by Crippen LogP contribution is 2.21. The second-order valence-corrected chi connectivity index (χ2v) is 5.08. The summed E-state index contributed by atoms with van der Waals surface area (Å²) in [6, 6.07) is 10.2. The van der Waals surface area contributed by atoms with Crippen LogP contribution in [0.3, 0.4) is 0 Å². The van der Waals surface area contributed by atoms with E-state index in [9.17, 15) is 4.79 Å². The lowest BCUT2D eigenvalue weighted by Crippen LogP contribution is -2.41. The molecule has 2 rings (SSSR count). The smallest absolute Gasteiger partial charge is 0.323 e. The third-order valence-electron chi connectivity index (χ3n) is 3.45. The van der Waals surface area contributed by atoms with Crippen molar-refractivity contribution in [3.8, 4) is 0 Å². The van der Waals surface area contributed by atoms with Crippen molar-refractivity contribution in [2.75, 3.05) is 6.54 Å². The molecular weight excluding hydrogens is 226 g/mol. The first-order chi connectivity index (χ1) is 8.68. The highest BCUT2D eigenvalue weighted by Gasteiger charge is 2.33. The van der Waals surface area contributed by atoms with Crippen LogP contribution >= 0.6 is 0 Å². The largest absolute Gasteiger partial charge is 0.460 e. The Balaban J connectivity index is 1.88. The molecule has 1 aromatic carbocycles. The van der Waals surface area contributed by atoms with E-state index < -0.39 is 0 Å². The highest BCUT2D eigenvalue weighted by atomic mass is 16.5. The molecule has 1 unspecified atom stereocenters. The maximum Gasteiger partial charge on any atom is 0.323 e. The molecule has 0 spiro atoms. The van der Waals surface area contributed by atoms with Crippen LogP contribution in [0.2, 0.25) is 0 Å². The van der Waals surface area contributed by atoms with Crippen molar-refractivity contribution in [2.45, 2.75) is 45.4 Å². The van der Waals surface area contributed by atoms with Gasteiger partial charge in [0.05, 0.1) is 0 Å². The van der Waals surface area contributed by atoms with Crippen molar-refractivity contribution in [3.63, 3.8) is 0 Å². The average Bonchev–Trinajstić information content (AvgIpc) is 2.86. The molecule has 3 nitrogen and oxygen atoms in total. The summed E-state index contributed by atoms with van der Waals surface area (Å²) < 4.78 is 5.41. The molecule has 1 aliphatic heterocycles. The third kappa shape index (κ3) is 3.10. The van der Waals surface area contributed by atoms with Gasteiger partial charge in [0.25, 0.3) is 0 Å². The number of carbonyl (C=O) groups excluding carboxylic acids is 1. The summed E-state index contributed by atoms with van der Waals surface area (Å²) in [6.45, 7) is 5.64.